The Morgan fingerprint density at radius 3 is 2.42 bits per heavy atom. The Labute approximate surface area is 193 Å². The summed E-state index contributed by atoms with van der Waals surface area (Å²) in [4.78, 5) is 14.7. The number of ether oxygens (including phenoxy) is 1. The second-order valence-corrected chi connectivity index (χ2v) is 7.21. The molecule has 0 saturated heterocycles. The summed E-state index contributed by atoms with van der Waals surface area (Å²) < 4.78 is 6.17. The Bertz CT molecular complexity index is 1340. The molecule has 1 aliphatic rings. The number of carbonyl (C=O) groups is 1. The molecule has 0 saturated carbocycles. The van der Waals surface area contributed by atoms with Crippen molar-refractivity contribution in [1.82, 2.24) is 4.98 Å². The van der Waals surface area contributed by atoms with Crippen LogP contribution in [0.4, 0.5) is 0 Å². The van der Waals surface area contributed by atoms with Crippen LogP contribution >= 0.6 is 0 Å². The van der Waals surface area contributed by atoms with Crippen LogP contribution in [0.25, 0.3) is 32.8 Å². The summed E-state index contributed by atoms with van der Waals surface area (Å²) in [7, 11) is 0. The normalized spacial score (nSPS) is 12.0. The molecule has 2 N–H and O–H groups in total. The van der Waals surface area contributed by atoms with Gasteiger partial charge in [0.15, 0.2) is 11.5 Å². The number of rotatable bonds is 1. The summed E-state index contributed by atoms with van der Waals surface area (Å²) in [5, 5.41) is 21.3. The van der Waals surface area contributed by atoms with Crippen molar-refractivity contribution < 1.29 is 39.8 Å². The first-order chi connectivity index (χ1) is 14.3. The fraction of sp³-hybridized carbons (Fsp3) is 0.120. The predicted octanol–water partition coefficient (Wildman–Crippen LogP) is 6.19. The number of nitrogens with zero attached hydrogens (tertiary/aromatic N) is 1. The van der Waals surface area contributed by atoms with Crippen LogP contribution in [0.1, 0.15) is 19.4 Å². The summed E-state index contributed by atoms with van der Waals surface area (Å²) in [6, 6.07) is 20.0. The molecule has 0 bridgehead atoms. The van der Waals surface area contributed by atoms with Gasteiger partial charge in [0, 0.05) is 44.3 Å². The van der Waals surface area contributed by atoms with E-state index in [1.165, 1.54) is 19.4 Å². The third-order valence-corrected chi connectivity index (χ3v) is 4.86. The van der Waals surface area contributed by atoms with E-state index in [9.17, 15) is 4.79 Å². The van der Waals surface area contributed by atoms with Crippen LogP contribution in [0.15, 0.2) is 66.2 Å². The molecule has 0 fully saturated rings. The van der Waals surface area contributed by atoms with Crippen molar-refractivity contribution in [3.05, 3.63) is 77.9 Å². The molecule has 0 unspecified atom stereocenters. The first kappa shape index (κ1) is 22.5. The summed E-state index contributed by atoms with van der Waals surface area (Å²) in [5.41, 5.74) is 3.09. The van der Waals surface area contributed by atoms with E-state index in [0.29, 0.717) is 0 Å². The fourth-order valence-electron chi connectivity index (χ4n) is 3.47. The Hall–Kier alpha value is -3.21. The number of hydrogen-bond acceptors (Lipinski definition) is 5. The molecule has 1 aliphatic heterocycles. The minimum atomic E-state index is -0.565. The maximum Gasteiger partial charge on any atom is 0.197 e. The third-order valence-electron chi connectivity index (χ3n) is 4.86. The molecular weight excluding hydrogens is 570 g/mol. The second kappa shape index (κ2) is 8.88. The van der Waals surface area contributed by atoms with Gasteiger partial charge < -0.3 is 14.9 Å². The molecular formula is C25H20IrNO4-. The number of pyridine rings is 1. The molecule has 31 heavy (non-hydrogen) atoms. The largest absolute Gasteiger partial charge is 0.509 e. The maximum atomic E-state index is 10.1. The molecule has 1 radical (unpaired) electrons. The van der Waals surface area contributed by atoms with E-state index in [1.807, 2.05) is 24.4 Å². The fourth-order valence-corrected chi connectivity index (χ4v) is 3.47. The van der Waals surface area contributed by atoms with Gasteiger partial charge in [-0.05, 0) is 36.9 Å². The van der Waals surface area contributed by atoms with Crippen molar-refractivity contribution in [2.45, 2.75) is 20.8 Å². The van der Waals surface area contributed by atoms with E-state index in [0.717, 1.165) is 44.3 Å². The number of aromatic nitrogens is 1. The van der Waals surface area contributed by atoms with Crippen LogP contribution in [0.3, 0.4) is 0 Å². The summed E-state index contributed by atoms with van der Waals surface area (Å²) in [6.45, 7) is 4.51. The van der Waals surface area contributed by atoms with Crippen molar-refractivity contribution >= 4 is 27.3 Å². The molecule has 1 aromatic heterocycles. The van der Waals surface area contributed by atoms with Crippen LogP contribution in [0.5, 0.6) is 11.5 Å². The molecule has 2 heterocycles. The second-order valence-electron chi connectivity index (χ2n) is 7.21. The molecule has 5 nitrogen and oxygen atoms in total. The topological polar surface area (TPSA) is 79.7 Å². The molecule has 0 atom stereocenters. The SMILES string of the molecule is CC(=O)/C(O)=C(/C)O.Cc1cc2c3c(nccc3c1)-c1[c-]c3ccccc3cc1O2.[Ir]. The van der Waals surface area contributed by atoms with Gasteiger partial charge in [0.2, 0.25) is 0 Å². The first-order valence-corrected chi connectivity index (χ1v) is 9.47. The van der Waals surface area contributed by atoms with Gasteiger partial charge in [0.1, 0.15) is 11.5 Å². The van der Waals surface area contributed by atoms with Gasteiger partial charge in [-0.2, -0.15) is 0 Å². The van der Waals surface area contributed by atoms with E-state index < -0.39 is 11.5 Å². The average molecular weight is 591 g/mol. The number of allylic oxidation sites excluding steroid dienone is 2. The van der Waals surface area contributed by atoms with Gasteiger partial charge >= 0.3 is 0 Å². The van der Waals surface area contributed by atoms with E-state index >= 15 is 0 Å². The van der Waals surface area contributed by atoms with Crippen molar-refractivity contribution in [3.8, 4) is 22.8 Å². The standard InChI is InChI=1S/C20H12NO.C5H8O3.Ir/c1-12-8-15-6-7-21-20-16-10-13-4-2-3-5-14(13)11-17(16)22-18(9-12)19(15)20;1-3(6)5(8)4(2)7;/h2-9,11H,1H3;6,8H,1-2H3;/q-1;;/b;5-3+;. The zero-order chi connectivity index (χ0) is 21.4. The quantitative estimate of drug-likeness (QED) is 0.138. The number of fused-ring (bicyclic) bond motifs is 3. The van der Waals surface area contributed by atoms with Crippen LogP contribution < -0.4 is 4.74 Å². The molecule has 5 rings (SSSR count). The Morgan fingerprint density at radius 2 is 1.74 bits per heavy atom. The predicted molar refractivity (Wildman–Crippen MR) is 117 cm³/mol. The number of aryl methyl sites for hydroxylation is 1. The van der Waals surface area contributed by atoms with Crippen LogP contribution in [-0.4, -0.2) is 21.0 Å². The average Bonchev–Trinajstić information content (AvgIpc) is 2.72. The van der Waals surface area contributed by atoms with Crippen molar-refractivity contribution in [2.75, 3.05) is 0 Å². The molecule has 0 spiro atoms. The summed E-state index contributed by atoms with van der Waals surface area (Å²) in [6.07, 6.45) is 1.86. The van der Waals surface area contributed by atoms with Crippen LogP contribution in [0, 0.1) is 13.0 Å². The van der Waals surface area contributed by atoms with Gasteiger partial charge in [-0.1, -0.05) is 41.3 Å². The van der Waals surface area contributed by atoms with Crippen molar-refractivity contribution in [2.24, 2.45) is 0 Å². The number of aliphatic hydroxyl groups excluding tert-OH is 2. The number of carbonyl (C=O) groups excluding carboxylic acids is 1. The van der Waals surface area contributed by atoms with Crippen molar-refractivity contribution in [3.63, 3.8) is 0 Å². The smallest absolute Gasteiger partial charge is 0.197 e. The first-order valence-electron chi connectivity index (χ1n) is 9.47. The molecule has 3 aromatic carbocycles. The van der Waals surface area contributed by atoms with Gasteiger partial charge in [0.05, 0.1) is 5.75 Å². The van der Waals surface area contributed by atoms with E-state index in [1.54, 1.807) is 0 Å². The Balaban J connectivity index is 0.000000263. The number of aliphatic hydroxyl groups is 2. The van der Waals surface area contributed by atoms with Gasteiger partial charge in [0.25, 0.3) is 0 Å². The minimum Gasteiger partial charge on any atom is -0.509 e. The van der Waals surface area contributed by atoms with E-state index in [-0.39, 0.29) is 25.9 Å². The minimum absolute atomic E-state index is 0. The molecule has 6 heteroatoms. The summed E-state index contributed by atoms with van der Waals surface area (Å²) in [5.74, 6) is 0.290. The van der Waals surface area contributed by atoms with Crippen LogP contribution in [-0.2, 0) is 24.9 Å². The van der Waals surface area contributed by atoms with E-state index in [4.69, 9.17) is 14.9 Å². The molecule has 159 valence electrons. The van der Waals surface area contributed by atoms with Gasteiger partial charge in [-0.15, -0.1) is 17.5 Å². The zero-order valence-electron chi connectivity index (χ0n) is 17.2. The number of Topliss-reactive ketones (excluding diaryl/α,β-unsaturated/α-hetero) is 1. The van der Waals surface area contributed by atoms with Gasteiger partial charge in [-0.3, -0.25) is 9.78 Å². The zero-order valence-corrected chi connectivity index (χ0v) is 19.6. The number of benzene rings is 3. The van der Waals surface area contributed by atoms with Gasteiger partial charge in [-0.25, -0.2) is 0 Å². The monoisotopic (exact) mass is 591 g/mol. The Morgan fingerprint density at radius 1 is 1.00 bits per heavy atom. The molecule has 0 aliphatic carbocycles. The third kappa shape index (κ3) is 4.31. The number of ketones is 1. The summed E-state index contributed by atoms with van der Waals surface area (Å²) >= 11 is 0. The van der Waals surface area contributed by atoms with Crippen LogP contribution in [0.2, 0.25) is 0 Å². The molecule has 0 amide bonds. The van der Waals surface area contributed by atoms with Crippen molar-refractivity contribution in [1.29, 1.82) is 0 Å². The Kier molecular flexibility index (Phi) is 6.44. The van der Waals surface area contributed by atoms with E-state index in [2.05, 4.69) is 48.3 Å². The molecule has 4 aromatic rings. The maximum absolute atomic E-state index is 10.1. The number of hydrogen-bond donors (Lipinski definition) is 2.